The van der Waals surface area contributed by atoms with Crippen molar-refractivity contribution in [2.24, 2.45) is 14.1 Å². The number of nitrogens with zero attached hydrogens (tertiary/aromatic N) is 3. The SMILES string of the molecule is CCOc1cc(C2OCCn3c(-c4cccc(C)c4)c4c(=O)n(C)c(=O)n(C)c4c32)ccc1O. The standard InChI is InChI=1S/C26H27N3O5/c1-5-33-19-14-17(9-10-18(19)30)24-23-22-20(25(31)28(4)26(32)27(22)3)21(29(23)11-12-34-24)16-8-6-7-15(2)13-16/h6-10,13-14,24,30H,5,11-12H2,1-4H3. The number of phenolic OH excluding ortho intramolecular Hbond substituents is 1. The molecule has 0 bridgehead atoms. The van der Waals surface area contributed by atoms with E-state index >= 15 is 0 Å². The highest BCUT2D eigenvalue weighted by Crippen LogP contribution is 2.42. The Hall–Kier alpha value is -3.78. The first-order chi connectivity index (χ1) is 16.3. The molecule has 0 radical (unpaired) electrons. The zero-order valence-electron chi connectivity index (χ0n) is 19.7. The van der Waals surface area contributed by atoms with Gasteiger partial charge in [-0.15, -0.1) is 0 Å². The zero-order valence-corrected chi connectivity index (χ0v) is 19.7. The topological polar surface area (TPSA) is 87.6 Å². The third kappa shape index (κ3) is 3.25. The van der Waals surface area contributed by atoms with Crippen molar-refractivity contribution in [1.82, 2.24) is 13.7 Å². The number of aryl methyl sites for hydroxylation is 2. The Morgan fingerprint density at radius 3 is 2.65 bits per heavy atom. The Bertz CT molecular complexity index is 1540. The van der Waals surface area contributed by atoms with Gasteiger partial charge in [0.1, 0.15) is 6.10 Å². The summed E-state index contributed by atoms with van der Waals surface area (Å²) in [5, 5.41) is 10.7. The minimum atomic E-state index is -0.549. The zero-order chi connectivity index (χ0) is 24.1. The number of hydrogen-bond donors (Lipinski definition) is 1. The average molecular weight is 462 g/mol. The van der Waals surface area contributed by atoms with E-state index in [1.54, 1.807) is 25.2 Å². The molecule has 1 N–H and O–H groups in total. The van der Waals surface area contributed by atoms with Crippen molar-refractivity contribution < 1.29 is 14.6 Å². The van der Waals surface area contributed by atoms with Crippen molar-refractivity contribution in [2.75, 3.05) is 13.2 Å². The molecule has 8 heteroatoms. The summed E-state index contributed by atoms with van der Waals surface area (Å²) in [7, 11) is 3.18. The maximum Gasteiger partial charge on any atom is 0.331 e. The molecule has 1 aliphatic heterocycles. The number of hydrogen-bond acceptors (Lipinski definition) is 5. The van der Waals surface area contributed by atoms with E-state index in [0.717, 1.165) is 32.6 Å². The van der Waals surface area contributed by atoms with Crippen molar-refractivity contribution >= 4 is 10.9 Å². The van der Waals surface area contributed by atoms with Crippen LogP contribution in [0.1, 0.15) is 29.8 Å². The van der Waals surface area contributed by atoms with Gasteiger partial charge >= 0.3 is 5.69 Å². The molecule has 0 fully saturated rings. The van der Waals surface area contributed by atoms with Gasteiger partial charge in [0.15, 0.2) is 11.5 Å². The first-order valence-corrected chi connectivity index (χ1v) is 11.3. The van der Waals surface area contributed by atoms with E-state index in [-0.39, 0.29) is 11.3 Å². The largest absolute Gasteiger partial charge is 0.504 e. The van der Waals surface area contributed by atoms with Gasteiger partial charge in [-0.05, 0) is 43.2 Å². The Balaban J connectivity index is 1.89. The third-order valence-electron chi connectivity index (χ3n) is 6.43. The van der Waals surface area contributed by atoms with Crippen LogP contribution in [0.3, 0.4) is 0 Å². The molecule has 0 aliphatic carbocycles. The summed E-state index contributed by atoms with van der Waals surface area (Å²) < 4.78 is 16.6. The van der Waals surface area contributed by atoms with Crippen molar-refractivity contribution in [3.8, 4) is 22.8 Å². The van der Waals surface area contributed by atoms with E-state index in [1.807, 2.05) is 38.1 Å². The first-order valence-electron chi connectivity index (χ1n) is 11.3. The van der Waals surface area contributed by atoms with Gasteiger partial charge in [0.25, 0.3) is 5.56 Å². The number of phenols is 1. The molecular weight excluding hydrogens is 434 g/mol. The van der Waals surface area contributed by atoms with Gasteiger partial charge in [0, 0.05) is 20.6 Å². The number of rotatable bonds is 4. The highest BCUT2D eigenvalue weighted by atomic mass is 16.5. The molecule has 4 aromatic rings. The lowest BCUT2D eigenvalue weighted by molar-refractivity contribution is 0.0477. The van der Waals surface area contributed by atoms with Gasteiger partial charge in [0.2, 0.25) is 0 Å². The third-order valence-corrected chi connectivity index (χ3v) is 6.43. The summed E-state index contributed by atoms with van der Waals surface area (Å²) in [5.74, 6) is 0.406. The average Bonchev–Trinajstić information content (AvgIpc) is 3.18. The predicted molar refractivity (Wildman–Crippen MR) is 130 cm³/mol. The fourth-order valence-electron chi connectivity index (χ4n) is 4.89. The molecule has 1 atom stereocenters. The Kier molecular flexibility index (Phi) is 5.32. The minimum Gasteiger partial charge on any atom is -0.504 e. The van der Waals surface area contributed by atoms with Crippen LogP contribution in [0.25, 0.3) is 22.2 Å². The fourth-order valence-corrected chi connectivity index (χ4v) is 4.89. The van der Waals surface area contributed by atoms with E-state index in [0.29, 0.717) is 36.4 Å². The number of benzene rings is 2. The Morgan fingerprint density at radius 2 is 1.91 bits per heavy atom. The van der Waals surface area contributed by atoms with E-state index in [9.17, 15) is 14.7 Å². The second kappa shape index (κ2) is 8.22. The van der Waals surface area contributed by atoms with E-state index in [2.05, 4.69) is 4.57 Å². The first kappa shape index (κ1) is 22.0. The summed E-state index contributed by atoms with van der Waals surface area (Å²) in [6, 6.07) is 13.1. The molecule has 34 heavy (non-hydrogen) atoms. The molecule has 0 saturated carbocycles. The second-order valence-corrected chi connectivity index (χ2v) is 8.60. The highest BCUT2D eigenvalue weighted by molar-refractivity contribution is 5.96. The van der Waals surface area contributed by atoms with E-state index < -0.39 is 11.8 Å². The number of aromatic hydroxyl groups is 1. The smallest absolute Gasteiger partial charge is 0.331 e. The van der Waals surface area contributed by atoms with Crippen molar-refractivity contribution in [2.45, 2.75) is 26.5 Å². The molecule has 8 nitrogen and oxygen atoms in total. The van der Waals surface area contributed by atoms with Gasteiger partial charge < -0.3 is 19.1 Å². The summed E-state index contributed by atoms with van der Waals surface area (Å²) in [6.45, 7) is 5.23. The Morgan fingerprint density at radius 1 is 1.12 bits per heavy atom. The Labute approximate surface area is 196 Å². The summed E-state index contributed by atoms with van der Waals surface area (Å²) >= 11 is 0. The highest BCUT2D eigenvalue weighted by Gasteiger charge is 2.33. The maximum atomic E-state index is 13.5. The van der Waals surface area contributed by atoms with Crippen LogP contribution in [0.5, 0.6) is 11.5 Å². The van der Waals surface area contributed by atoms with Gasteiger partial charge in [-0.1, -0.05) is 29.8 Å². The van der Waals surface area contributed by atoms with Gasteiger partial charge in [-0.3, -0.25) is 13.9 Å². The second-order valence-electron chi connectivity index (χ2n) is 8.60. The monoisotopic (exact) mass is 461 g/mol. The fraction of sp³-hybridized carbons (Fsp3) is 0.308. The molecule has 5 rings (SSSR count). The van der Waals surface area contributed by atoms with Crippen LogP contribution in [-0.4, -0.2) is 32.0 Å². The summed E-state index contributed by atoms with van der Waals surface area (Å²) in [6.07, 6.45) is -0.549. The number of aromatic nitrogens is 3. The molecule has 2 aromatic heterocycles. The molecule has 0 spiro atoms. The minimum absolute atomic E-state index is 0.0448. The maximum absolute atomic E-state index is 13.5. The molecule has 0 saturated heterocycles. The van der Waals surface area contributed by atoms with Gasteiger partial charge in [0.05, 0.1) is 35.5 Å². The van der Waals surface area contributed by atoms with E-state index in [1.165, 1.54) is 11.6 Å². The van der Waals surface area contributed by atoms with Crippen molar-refractivity contribution in [3.05, 3.63) is 80.1 Å². The molecule has 1 aliphatic rings. The summed E-state index contributed by atoms with van der Waals surface area (Å²) in [4.78, 5) is 26.4. The van der Waals surface area contributed by atoms with Gasteiger partial charge in [-0.25, -0.2) is 4.79 Å². The normalized spacial score (nSPS) is 15.5. The van der Waals surface area contributed by atoms with E-state index in [4.69, 9.17) is 9.47 Å². The van der Waals surface area contributed by atoms with Crippen LogP contribution < -0.4 is 16.0 Å². The van der Waals surface area contributed by atoms with Crippen LogP contribution in [0.2, 0.25) is 0 Å². The predicted octanol–water partition coefficient (Wildman–Crippen LogP) is 3.24. The van der Waals surface area contributed by atoms with Gasteiger partial charge in [-0.2, -0.15) is 0 Å². The van der Waals surface area contributed by atoms with Crippen LogP contribution in [0.15, 0.2) is 52.1 Å². The van der Waals surface area contributed by atoms with Crippen molar-refractivity contribution in [3.63, 3.8) is 0 Å². The lowest BCUT2D eigenvalue weighted by Crippen LogP contribution is -2.37. The number of ether oxygens (including phenoxy) is 2. The van der Waals surface area contributed by atoms with Crippen LogP contribution >= 0.6 is 0 Å². The van der Waals surface area contributed by atoms with Crippen molar-refractivity contribution in [1.29, 1.82) is 0 Å². The van der Waals surface area contributed by atoms with Crippen LogP contribution in [0, 0.1) is 6.92 Å². The molecule has 0 amide bonds. The molecule has 3 heterocycles. The molecule has 2 aromatic carbocycles. The van der Waals surface area contributed by atoms with Crippen LogP contribution in [-0.2, 0) is 25.4 Å². The summed E-state index contributed by atoms with van der Waals surface area (Å²) in [5.41, 5.74) is 4.10. The molecular formula is C26H27N3O5. The lowest BCUT2D eigenvalue weighted by atomic mass is 10.0. The quantitative estimate of drug-likeness (QED) is 0.504. The van der Waals surface area contributed by atoms with Crippen LogP contribution in [0.4, 0.5) is 0 Å². The molecule has 1 unspecified atom stereocenters. The number of fused-ring (bicyclic) bond motifs is 3. The molecule has 176 valence electrons. The lowest BCUT2D eigenvalue weighted by Gasteiger charge is -2.28.